The molecule has 1 aliphatic carbocycles. The van der Waals surface area contributed by atoms with Crippen molar-refractivity contribution >= 4 is 5.91 Å². The molecule has 17 heavy (non-hydrogen) atoms. The van der Waals surface area contributed by atoms with Gasteiger partial charge in [-0.3, -0.25) is 4.79 Å². The summed E-state index contributed by atoms with van der Waals surface area (Å²) in [4.78, 5) is 14.4. The predicted octanol–water partition coefficient (Wildman–Crippen LogP) is 1.81. The van der Waals surface area contributed by atoms with Crippen LogP contribution in [0.2, 0.25) is 0 Å². The van der Waals surface area contributed by atoms with Gasteiger partial charge in [0.2, 0.25) is 0 Å². The van der Waals surface area contributed by atoms with Gasteiger partial charge in [-0.05, 0) is 44.4 Å². The third kappa shape index (κ3) is 2.67. The molecule has 1 aromatic carbocycles. The van der Waals surface area contributed by atoms with Gasteiger partial charge in [0.05, 0.1) is 0 Å². The van der Waals surface area contributed by atoms with E-state index in [4.69, 9.17) is 5.73 Å². The molecule has 0 spiro atoms. The second kappa shape index (κ2) is 5.32. The molecule has 1 saturated carbocycles. The Bertz CT molecular complexity index is 399. The zero-order valence-corrected chi connectivity index (χ0v) is 10.4. The van der Waals surface area contributed by atoms with Gasteiger partial charge in [-0.1, -0.05) is 18.2 Å². The van der Waals surface area contributed by atoms with Crippen molar-refractivity contribution in [3.8, 4) is 0 Å². The molecule has 1 aliphatic rings. The van der Waals surface area contributed by atoms with Crippen molar-refractivity contribution in [2.75, 3.05) is 13.1 Å². The fourth-order valence-electron chi connectivity index (χ4n) is 2.21. The van der Waals surface area contributed by atoms with Crippen LogP contribution >= 0.6 is 0 Å². The number of benzene rings is 1. The highest BCUT2D eigenvalue weighted by atomic mass is 16.2. The Balaban J connectivity index is 2.22. The van der Waals surface area contributed by atoms with Crippen LogP contribution in [0, 0.1) is 0 Å². The maximum absolute atomic E-state index is 12.4. The van der Waals surface area contributed by atoms with Crippen molar-refractivity contribution in [3.05, 3.63) is 35.4 Å². The van der Waals surface area contributed by atoms with E-state index in [9.17, 15) is 4.79 Å². The van der Waals surface area contributed by atoms with Crippen LogP contribution in [0.1, 0.15) is 35.7 Å². The van der Waals surface area contributed by atoms with Crippen molar-refractivity contribution in [3.63, 3.8) is 0 Å². The van der Waals surface area contributed by atoms with Gasteiger partial charge in [-0.2, -0.15) is 0 Å². The smallest absolute Gasteiger partial charge is 0.254 e. The Morgan fingerprint density at radius 3 is 2.71 bits per heavy atom. The lowest BCUT2D eigenvalue weighted by molar-refractivity contribution is 0.0751. The second-order valence-electron chi connectivity index (χ2n) is 4.52. The van der Waals surface area contributed by atoms with E-state index in [1.807, 2.05) is 36.1 Å². The van der Waals surface area contributed by atoms with Crippen LogP contribution < -0.4 is 5.73 Å². The van der Waals surface area contributed by atoms with E-state index < -0.39 is 0 Å². The average Bonchev–Trinajstić information content (AvgIpc) is 3.15. The van der Waals surface area contributed by atoms with E-state index in [0.717, 1.165) is 36.9 Å². The molecule has 0 unspecified atom stereocenters. The molecule has 1 aromatic rings. The molecule has 3 nitrogen and oxygen atoms in total. The van der Waals surface area contributed by atoms with Gasteiger partial charge in [0.1, 0.15) is 0 Å². The summed E-state index contributed by atoms with van der Waals surface area (Å²) >= 11 is 0. The number of rotatable bonds is 5. The summed E-state index contributed by atoms with van der Waals surface area (Å²) in [6.45, 7) is 3.42. The quantitative estimate of drug-likeness (QED) is 0.841. The van der Waals surface area contributed by atoms with Gasteiger partial charge >= 0.3 is 0 Å². The maximum atomic E-state index is 12.4. The fourth-order valence-corrected chi connectivity index (χ4v) is 2.21. The van der Waals surface area contributed by atoms with Crippen LogP contribution in [-0.2, 0) is 6.42 Å². The number of amides is 1. The molecule has 0 bridgehead atoms. The van der Waals surface area contributed by atoms with Crippen LogP contribution in [0.5, 0.6) is 0 Å². The summed E-state index contributed by atoms with van der Waals surface area (Å²) in [6.07, 6.45) is 3.07. The molecule has 2 rings (SSSR count). The van der Waals surface area contributed by atoms with E-state index in [0.29, 0.717) is 12.6 Å². The maximum Gasteiger partial charge on any atom is 0.254 e. The summed E-state index contributed by atoms with van der Waals surface area (Å²) in [7, 11) is 0. The zero-order chi connectivity index (χ0) is 12.3. The minimum absolute atomic E-state index is 0.166. The third-order valence-corrected chi connectivity index (χ3v) is 3.25. The van der Waals surface area contributed by atoms with Crippen molar-refractivity contribution in [2.24, 2.45) is 5.73 Å². The first-order chi connectivity index (χ1) is 8.27. The Morgan fingerprint density at radius 1 is 1.41 bits per heavy atom. The molecular formula is C14H20N2O. The number of carbonyl (C=O) groups is 1. The topological polar surface area (TPSA) is 46.3 Å². The third-order valence-electron chi connectivity index (χ3n) is 3.25. The van der Waals surface area contributed by atoms with Gasteiger partial charge in [-0.25, -0.2) is 0 Å². The van der Waals surface area contributed by atoms with E-state index >= 15 is 0 Å². The van der Waals surface area contributed by atoms with Crippen molar-refractivity contribution in [1.82, 2.24) is 4.90 Å². The second-order valence-corrected chi connectivity index (χ2v) is 4.52. The highest BCUT2D eigenvalue weighted by Crippen LogP contribution is 2.28. The number of carbonyl (C=O) groups excluding carboxylic acids is 1. The standard InChI is InChI=1S/C14H20N2O/c1-2-16(12-7-8-12)14(17)13-6-4-3-5-11(13)9-10-15/h3-6,12H,2,7-10,15H2,1H3. The normalized spacial score (nSPS) is 14.7. The van der Waals surface area contributed by atoms with Crippen molar-refractivity contribution in [1.29, 1.82) is 0 Å². The monoisotopic (exact) mass is 232 g/mol. The molecule has 3 heteroatoms. The summed E-state index contributed by atoms with van der Waals surface area (Å²) in [5.41, 5.74) is 7.48. The molecule has 0 radical (unpaired) electrons. The summed E-state index contributed by atoms with van der Waals surface area (Å²) in [6, 6.07) is 8.28. The van der Waals surface area contributed by atoms with Crippen molar-refractivity contribution < 1.29 is 4.79 Å². The fraction of sp³-hybridized carbons (Fsp3) is 0.500. The molecule has 92 valence electrons. The Labute approximate surface area is 103 Å². The summed E-state index contributed by atoms with van der Waals surface area (Å²) in [5.74, 6) is 0.166. The van der Waals surface area contributed by atoms with Gasteiger partial charge < -0.3 is 10.6 Å². The SMILES string of the molecule is CCN(C(=O)c1ccccc1CCN)C1CC1. The largest absolute Gasteiger partial charge is 0.336 e. The Morgan fingerprint density at radius 2 is 2.12 bits per heavy atom. The van der Waals surface area contributed by atoms with Gasteiger partial charge in [0.25, 0.3) is 5.91 Å². The first kappa shape index (κ1) is 12.1. The number of nitrogens with two attached hydrogens (primary N) is 1. The number of hydrogen-bond donors (Lipinski definition) is 1. The molecule has 1 amide bonds. The Hall–Kier alpha value is -1.35. The molecule has 1 fully saturated rings. The summed E-state index contributed by atoms with van der Waals surface area (Å²) in [5, 5.41) is 0. The molecule has 0 aromatic heterocycles. The zero-order valence-electron chi connectivity index (χ0n) is 10.4. The predicted molar refractivity (Wildman–Crippen MR) is 68.9 cm³/mol. The molecule has 0 aliphatic heterocycles. The first-order valence-corrected chi connectivity index (χ1v) is 6.36. The Kier molecular flexibility index (Phi) is 3.79. The lowest BCUT2D eigenvalue weighted by atomic mass is 10.0. The van der Waals surface area contributed by atoms with Crippen LogP contribution in [0.4, 0.5) is 0 Å². The van der Waals surface area contributed by atoms with E-state index in [1.54, 1.807) is 0 Å². The number of nitrogens with zero attached hydrogens (tertiary/aromatic N) is 1. The van der Waals surface area contributed by atoms with Crippen LogP contribution in [0.15, 0.2) is 24.3 Å². The molecule has 2 N–H and O–H groups in total. The van der Waals surface area contributed by atoms with E-state index in [1.165, 1.54) is 0 Å². The van der Waals surface area contributed by atoms with Crippen LogP contribution in [0.3, 0.4) is 0 Å². The van der Waals surface area contributed by atoms with Crippen molar-refractivity contribution in [2.45, 2.75) is 32.2 Å². The number of hydrogen-bond acceptors (Lipinski definition) is 2. The highest BCUT2D eigenvalue weighted by molar-refractivity contribution is 5.96. The molecule has 0 heterocycles. The van der Waals surface area contributed by atoms with Gasteiger partial charge in [-0.15, -0.1) is 0 Å². The van der Waals surface area contributed by atoms with Crippen LogP contribution in [0.25, 0.3) is 0 Å². The lowest BCUT2D eigenvalue weighted by Gasteiger charge is -2.21. The van der Waals surface area contributed by atoms with E-state index in [-0.39, 0.29) is 5.91 Å². The highest BCUT2D eigenvalue weighted by Gasteiger charge is 2.32. The minimum atomic E-state index is 0.166. The van der Waals surface area contributed by atoms with Crippen LogP contribution in [-0.4, -0.2) is 29.9 Å². The molecule has 0 atom stereocenters. The lowest BCUT2D eigenvalue weighted by Crippen LogP contribution is -2.33. The van der Waals surface area contributed by atoms with Gasteiger partial charge in [0, 0.05) is 18.2 Å². The molecule has 0 saturated heterocycles. The minimum Gasteiger partial charge on any atom is -0.336 e. The molecular weight excluding hydrogens is 212 g/mol. The summed E-state index contributed by atoms with van der Waals surface area (Å²) < 4.78 is 0. The average molecular weight is 232 g/mol. The van der Waals surface area contributed by atoms with Gasteiger partial charge in [0.15, 0.2) is 0 Å². The first-order valence-electron chi connectivity index (χ1n) is 6.36. The van der Waals surface area contributed by atoms with E-state index in [2.05, 4.69) is 0 Å².